The van der Waals surface area contributed by atoms with Crippen molar-refractivity contribution in [2.45, 2.75) is 90.3 Å². The molecule has 250 valence electrons. The van der Waals surface area contributed by atoms with Crippen LogP contribution in [0.2, 0.25) is 0 Å². The summed E-state index contributed by atoms with van der Waals surface area (Å²) in [6, 6.07) is 10.6. The van der Waals surface area contributed by atoms with Crippen LogP contribution in [0.15, 0.2) is 42.5 Å². The van der Waals surface area contributed by atoms with Gasteiger partial charge in [-0.3, -0.25) is 19.2 Å². The molecule has 1 aliphatic carbocycles. The Morgan fingerprint density at radius 3 is 2.09 bits per heavy atom. The van der Waals surface area contributed by atoms with Crippen molar-refractivity contribution in [3.8, 4) is 11.5 Å². The predicted octanol–water partition coefficient (Wildman–Crippen LogP) is 3.66. The fourth-order valence-electron chi connectivity index (χ4n) is 5.27. The summed E-state index contributed by atoms with van der Waals surface area (Å²) in [5.41, 5.74) is -0.0552. The van der Waals surface area contributed by atoms with Gasteiger partial charge >= 0.3 is 18.0 Å². The summed E-state index contributed by atoms with van der Waals surface area (Å²) in [6.45, 7) is 10.3. The number of aldehydes is 1. The Balaban J connectivity index is 0.00000736. The first-order valence-corrected chi connectivity index (χ1v) is 14.7. The van der Waals surface area contributed by atoms with Crippen LogP contribution >= 0.6 is 12.4 Å². The van der Waals surface area contributed by atoms with E-state index in [-0.39, 0.29) is 36.4 Å². The fourth-order valence-corrected chi connectivity index (χ4v) is 5.27. The molecule has 0 saturated heterocycles. The molecule has 3 rings (SSSR count). The quantitative estimate of drug-likeness (QED) is 0.196. The second-order valence-corrected chi connectivity index (χ2v) is 12.2. The van der Waals surface area contributed by atoms with Crippen molar-refractivity contribution in [2.75, 3.05) is 6.54 Å². The third-order valence-corrected chi connectivity index (χ3v) is 7.27. The number of benzene rings is 2. The Morgan fingerprint density at radius 2 is 1.52 bits per heavy atom. The molecule has 2 aromatic carbocycles. The number of ether oxygens (including phenoxy) is 3. The number of rotatable bonds is 10. The molecule has 0 aliphatic heterocycles. The molecule has 3 N–H and O–H groups in total. The highest BCUT2D eigenvalue weighted by molar-refractivity contribution is 5.91. The Morgan fingerprint density at radius 1 is 0.913 bits per heavy atom. The Hall–Kier alpha value is -4.45. The van der Waals surface area contributed by atoms with E-state index in [0.717, 1.165) is 11.8 Å². The van der Waals surface area contributed by atoms with Crippen LogP contribution in [0, 0.1) is 0 Å². The van der Waals surface area contributed by atoms with Crippen molar-refractivity contribution in [2.24, 2.45) is 0 Å². The fraction of sp³-hybridized carbons (Fsp3) is 0.455. The minimum Gasteiger partial charge on any atom is -0.444 e. The summed E-state index contributed by atoms with van der Waals surface area (Å²) in [7, 11) is 0. The summed E-state index contributed by atoms with van der Waals surface area (Å²) in [4.78, 5) is 74.9. The van der Waals surface area contributed by atoms with Crippen LogP contribution in [0.1, 0.15) is 77.5 Å². The third-order valence-electron chi connectivity index (χ3n) is 7.27. The van der Waals surface area contributed by atoms with Crippen molar-refractivity contribution < 1.29 is 43.0 Å². The molecule has 0 spiro atoms. The van der Waals surface area contributed by atoms with Gasteiger partial charge in [0.05, 0.1) is 5.41 Å². The zero-order chi connectivity index (χ0) is 33.5. The number of carbonyl (C=O) groups is 6. The highest BCUT2D eigenvalue weighted by Gasteiger charge is 2.43. The van der Waals surface area contributed by atoms with Gasteiger partial charge in [-0.25, -0.2) is 4.79 Å². The van der Waals surface area contributed by atoms with E-state index in [2.05, 4.69) is 16.0 Å². The number of carbonyl (C=O) groups excluding carboxylic acids is 6. The summed E-state index contributed by atoms with van der Waals surface area (Å²) < 4.78 is 16.1. The van der Waals surface area contributed by atoms with Gasteiger partial charge in [0.2, 0.25) is 11.8 Å². The van der Waals surface area contributed by atoms with Gasteiger partial charge < -0.3 is 35.0 Å². The van der Waals surface area contributed by atoms with Gasteiger partial charge in [-0.05, 0) is 70.6 Å². The molecule has 0 radical (unpaired) electrons. The maximum Gasteiger partial charge on any atom is 0.408 e. The lowest BCUT2D eigenvalue weighted by Gasteiger charge is -2.40. The first kappa shape index (κ1) is 37.7. The van der Waals surface area contributed by atoms with Gasteiger partial charge in [-0.2, -0.15) is 0 Å². The summed E-state index contributed by atoms with van der Waals surface area (Å²) in [5, 5.41) is 7.78. The molecule has 2 aromatic rings. The van der Waals surface area contributed by atoms with E-state index < -0.39 is 52.9 Å². The highest BCUT2D eigenvalue weighted by Crippen LogP contribution is 2.48. The van der Waals surface area contributed by atoms with E-state index in [0.29, 0.717) is 24.0 Å². The molecule has 46 heavy (non-hydrogen) atoms. The van der Waals surface area contributed by atoms with Crippen molar-refractivity contribution in [1.82, 2.24) is 16.0 Å². The molecule has 0 aromatic heterocycles. The minimum atomic E-state index is -1.26. The monoisotopic (exact) mass is 659 g/mol. The van der Waals surface area contributed by atoms with E-state index in [4.69, 9.17) is 14.2 Å². The maximum absolute atomic E-state index is 13.2. The van der Waals surface area contributed by atoms with E-state index in [1.807, 2.05) is 30.3 Å². The number of hydrogen-bond donors (Lipinski definition) is 3. The number of hydrogen-bond acceptors (Lipinski definition) is 9. The number of amides is 3. The second-order valence-electron chi connectivity index (χ2n) is 12.2. The molecule has 0 fully saturated rings. The molecule has 1 aliphatic rings. The molecule has 3 amide bonds. The van der Waals surface area contributed by atoms with Crippen LogP contribution in [0.3, 0.4) is 0 Å². The van der Waals surface area contributed by atoms with E-state index in [9.17, 15) is 28.8 Å². The SMILES string of the molecule is CC(=O)Oc1ccc2c(c1OC(C)=O)CC(c1ccccc1)CC2(C=O)CNC(=O)[C@H](C)NC(=O)[C@H](C)NC(=O)OC(C)(C)C.Cl. The van der Waals surface area contributed by atoms with Crippen molar-refractivity contribution in [1.29, 1.82) is 0 Å². The Labute approximate surface area is 274 Å². The van der Waals surface area contributed by atoms with Crippen LogP contribution < -0.4 is 25.4 Å². The largest absolute Gasteiger partial charge is 0.444 e. The van der Waals surface area contributed by atoms with Gasteiger partial charge in [-0.1, -0.05) is 36.4 Å². The second kappa shape index (κ2) is 15.7. The van der Waals surface area contributed by atoms with E-state index in [1.54, 1.807) is 26.8 Å². The average molecular weight is 660 g/mol. The van der Waals surface area contributed by atoms with Crippen molar-refractivity contribution >= 4 is 48.5 Å². The summed E-state index contributed by atoms with van der Waals surface area (Å²) >= 11 is 0. The zero-order valence-electron chi connectivity index (χ0n) is 27.1. The van der Waals surface area contributed by atoms with E-state index >= 15 is 0 Å². The van der Waals surface area contributed by atoms with Gasteiger partial charge in [0.1, 0.15) is 24.0 Å². The molecular weight excluding hydrogens is 618 g/mol. The zero-order valence-corrected chi connectivity index (χ0v) is 27.9. The number of alkyl carbamates (subject to hydrolysis) is 1. The summed E-state index contributed by atoms with van der Waals surface area (Å²) in [6.07, 6.45) is 0.678. The Bertz CT molecular complexity index is 1460. The molecule has 4 atom stereocenters. The highest BCUT2D eigenvalue weighted by atomic mass is 35.5. The van der Waals surface area contributed by atoms with Gasteiger partial charge in [-0.15, -0.1) is 12.4 Å². The van der Waals surface area contributed by atoms with Crippen molar-refractivity contribution in [3.05, 3.63) is 59.2 Å². The number of esters is 2. The van der Waals surface area contributed by atoms with Gasteiger partial charge in [0.25, 0.3) is 0 Å². The molecular formula is C33H42ClN3O9. The molecule has 12 nitrogen and oxygen atoms in total. The topological polar surface area (TPSA) is 166 Å². The molecule has 13 heteroatoms. The standard InChI is InChI=1S/C33H41N3O9.ClH/c1-19(35-30(41)20(2)36-31(42)45-32(5,6)7)29(40)34-17-33(18-37)16-24(23-11-9-8-10-12-23)15-25-26(33)13-14-27(43-21(3)38)28(25)44-22(4)39;/h8-14,18-20,24H,15-17H2,1-7H3,(H,34,40)(H,35,41)(H,36,42);1H/t19-,20-,24?,33?;/m0./s1. The van der Waals surface area contributed by atoms with Crippen molar-refractivity contribution in [3.63, 3.8) is 0 Å². The normalized spacial score (nSPS) is 18.3. The maximum atomic E-state index is 13.2. The number of fused-ring (bicyclic) bond motifs is 1. The average Bonchev–Trinajstić information content (AvgIpc) is 2.95. The van der Waals surface area contributed by atoms with Crippen LogP contribution in [-0.4, -0.2) is 60.4 Å². The van der Waals surface area contributed by atoms with Crippen LogP contribution in [0.5, 0.6) is 11.5 Å². The first-order chi connectivity index (χ1) is 21.0. The smallest absolute Gasteiger partial charge is 0.408 e. The molecule has 2 unspecified atom stereocenters. The number of nitrogens with one attached hydrogen (secondary N) is 3. The lowest BCUT2D eigenvalue weighted by atomic mass is 9.65. The predicted molar refractivity (Wildman–Crippen MR) is 171 cm³/mol. The van der Waals surface area contributed by atoms with Crippen LogP contribution in [0.4, 0.5) is 4.79 Å². The summed E-state index contributed by atoms with van der Waals surface area (Å²) in [5.74, 6) is -2.55. The first-order valence-electron chi connectivity index (χ1n) is 14.7. The third kappa shape index (κ3) is 9.77. The van der Waals surface area contributed by atoms with Gasteiger partial charge in [0, 0.05) is 26.0 Å². The van der Waals surface area contributed by atoms with Crippen LogP contribution in [0.25, 0.3) is 0 Å². The molecule has 0 saturated carbocycles. The van der Waals surface area contributed by atoms with Crippen LogP contribution in [-0.2, 0) is 40.5 Å². The van der Waals surface area contributed by atoms with E-state index in [1.165, 1.54) is 33.8 Å². The molecule has 0 heterocycles. The lowest BCUT2D eigenvalue weighted by Crippen LogP contribution is -2.54. The number of halogens is 1. The lowest BCUT2D eigenvalue weighted by molar-refractivity contribution is -0.134. The minimum absolute atomic E-state index is 0. The molecule has 0 bridgehead atoms. The Kier molecular flexibility index (Phi) is 12.9. The van der Waals surface area contributed by atoms with Gasteiger partial charge in [0.15, 0.2) is 11.5 Å².